The molecule has 1 fully saturated rings. The van der Waals surface area contributed by atoms with Crippen molar-refractivity contribution in [2.24, 2.45) is 11.7 Å². The van der Waals surface area contributed by atoms with Gasteiger partial charge in [0.05, 0.1) is 0 Å². The van der Waals surface area contributed by atoms with E-state index in [1.165, 1.54) is 5.56 Å². The van der Waals surface area contributed by atoms with Gasteiger partial charge in [-0.1, -0.05) is 24.6 Å². The van der Waals surface area contributed by atoms with Gasteiger partial charge in [-0.25, -0.2) is 0 Å². The molecule has 2 N–H and O–H groups in total. The lowest BCUT2D eigenvalue weighted by atomic mass is 9.85. The van der Waals surface area contributed by atoms with E-state index in [9.17, 15) is 4.79 Å². The molecule has 1 heterocycles. The third kappa shape index (κ3) is 2.27. The van der Waals surface area contributed by atoms with Gasteiger partial charge in [-0.15, -0.1) is 0 Å². The Labute approximate surface area is 114 Å². The monoisotopic (exact) mass is 258 g/mol. The second kappa shape index (κ2) is 4.97. The van der Waals surface area contributed by atoms with Crippen molar-refractivity contribution in [3.63, 3.8) is 0 Å². The van der Waals surface area contributed by atoms with Crippen molar-refractivity contribution in [2.75, 3.05) is 4.90 Å². The van der Waals surface area contributed by atoms with E-state index in [4.69, 9.17) is 5.73 Å². The first-order valence-electron chi connectivity index (χ1n) is 7.33. The molecule has 3 nitrogen and oxygen atoms in total. The van der Waals surface area contributed by atoms with Gasteiger partial charge < -0.3 is 10.6 Å². The minimum Gasteiger partial charge on any atom is -0.328 e. The highest BCUT2D eigenvalue weighted by atomic mass is 16.2. The summed E-state index contributed by atoms with van der Waals surface area (Å²) in [6, 6.07) is 8.75. The number of hydrogen-bond acceptors (Lipinski definition) is 2. The Morgan fingerprint density at radius 3 is 2.89 bits per heavy atom. The third-order valence-corrected chi connectivity index (χ3v) is 4.51. The van der Waals surface area contributed by atoms with Crippen LogP contribution in [0.15, 0.2) is 24.3 Å². The molecule has 19 heavy (non-hydrogen) atoms. The summed E-state index contributed by atoms with van der Waals surface area (Å²) in [5.41, 5.74) is 8.43. The van der Waals surface area contributed by atoms with Crippen molar-refractivity contribution in [3.8, 4) is 0 Å². The average molecular weight is 258 g/mol. The summed E-state index contributed by atoms with van der Waals surface area (Å²) in [5.74, 6) is 0.407. The molecule has 3 atom stereocenters. The third-order valence-electron chi connectivity index (χ3n) is 4.51. The summed E-state index contributed by atoms with van der Waals surface area (Å²) >= 11 is 0. The fourth-order valence-corrected chi connectivity index (χ4v) is 3.55. The van der Waals surface area contributed by atoms with E-state index in [0.29, 0.717) is 0 Å². The van der Waals surface area contributed by atoms with Crippen LogP contribution < -0.4 is 10.6 Å². The SMILES string of the molecule is CC1Cc2ccccc2N1C(=O)C1CCCC(N)C1. The predicted octanol–water partition coefficient (Wildman–Crippen LogP) is 2.48. The number of anilines is 1. The van der Waals surface area contributed by atoms with Crippen molar-refractivity contribution in [2.45, 2.75) is 51.1 Å². The molecule has 0 saturated heterocycles. The van der Waals surface area contributed by atoms with Crippen molar-refractivity contribution in [3.05, 3.63) is 29.8 Å². The van der Waals surface area contributed by atoms with E-state index in [1.807, 2.05) is 11.0 Å². The molecule has 0 bridgehead atoms. The Hall–Kier alpha value is -1.35. The molecule has 0 aromatic heterocycles. The van der Waals surface area contributed by atoms with E-state index >= 15 is 0 Å². The first-order valence-corrected chi connectivity index (χ1v) is 7.33. The number of hydrogen-bond donors (Lipinski definition) is 1. The fraction of sp³-hybridized carbons (Fsp3) is 0.562. The van der Waals surface area contributed by atoms with Crippen LogP contribution >= 0.6 is 0 Å². The van der Waals surface area contributed by atoms with Gasteiger partial charge in [0.15, 0.2) is 0 Å². The predicted molar refractivity (Wildman–Crippen MR) is 77.0 cm³/mol. The van der Waals surface area contributed by atoms with Crippen LogP contribution in [0.2, 0.25) is 0 Å². The van der Waals surface area contributed by atoms with Gasteiger partial charge >= 0.3 is 0 Å². The fourth-order valence-electron chi connectivity index (χ4n) is 3.55. The number of carbonyl (C=O) groups is 1. The Morgan fingerprint density at radius 1 is 1.32 bits per heavy atom. The van der Waals surface area contributed by atoms with Gasteiger partial charge in [0.1, 0.15) is 0 Å². The molecule has 3 rings (SSSR count). The lowest BCUT2D eigenvalue weighted by molar-refractivity contribution is -0.123. The number of para-hydroxylation sites is 1. The molecule has 102 valence electrons. The van der Waals surface area contributed by atoms with E-state index in [1.54, 1.807) is 0 Å². The number of nitrogens with zero attached hydrogens (tertiary/aromatic N) is 1. The van der Waals surface area contributed by atoms with Crippen LogP contribution in [-0.2, 0) is 11.2 Å². The first-order chi connectivity index (χ1) is 9.16. The Bertz CT molecular complexity index is 485. The summed E-state index contributed by atoms with van der Waals surface area (Å²) in [4.78, 5) is 14.8. The molecule has 1 saturated carbocycles. The maximum Gasteiger partial charge on any atom is 0.230 e. The second-order valence-corrected chi connectivity index (χ2v) is 6.01. The molecule has 1 amide bonds. The topological polar surface area (TPSA) is 46.3 Å². The summed E-state index contributed by atoms with van der Waals surface area (Å²) < 4.78 is 0. The largest absolute Gasteiger partial charge is 0.328 e. The highest BCUT2D eigenvalue weighted by molar-refractivity contribution is 5.97. The van der Waals surface area contributed by atoms with Crippen LogP contribution in [0.1, 0.15) is 38.2 Å². The molecular formula is C16H22N2O. The lowest BCUT2D eigenvalue weighted by Gasteiger charge is -2.31. The van der Waals surface area contributed by atoms with E-state index < -0.39 is 0 Å². The van der Waals surface area contributed by atoms with Gasteiger partial charge in [-0.2, -0.15) is 0 Å². The zero-order chi connectivity index (χ0) is 13.4. The molecule has 1 aliphatic carbocycles. The summed E-state index contributed by atoms with van der Waals surface area (Å²) in [7, 11) is 0. The number of nitrogens with two attached hydrogens (primary N) is 1. The van der Waals surface area contributed by atoms with Gasteiger partial charge in [-0.05, 0) is 44.2 Å². The van der Waals surface area contributed by atoms with Crippen molar-refractivity contribution in [1.29, 1.82) is 0 Å². The standard InChI is InChI=1S/C16H22N2O/c1-11-9-12-5-2-3-8-15(12)18(11)16(19)13-6-4-7-14(17)10-13/h2-3,5,8,11,13-14H,4,6-7,9-10,17H2,1H3. The number of rotatable bonds is 1. The molecule has 3 unspecified atom stereocenters. The van der Waals surface area contributed by atoms with Gasteiger partial charge in [0.25, 0.3) is 0 Å². The minimum atomic E-state index is 0.123. The number of fused-ring (bicyclic) bond motifs is 1. The van der Waals surface area contributed by atoms with Crippen molar-refractivity contribution >= 4 is 11.6 Å². The van der Waals surface area contributed by atoms with Crippen LogP contribution in [0.25, 0.3) is 0 Å². The van der Waals surface area contributed by atoms with Crippen LogP contribution in [0.3, 0.4) is 0 Å². The Balaban J connectivity index is 1.83. The van der Waals surface area contributed by atoms with Gasteiger partial charge in [0.2, 0.25) is 5.91 Å². The Kier molecular flexibility index (Phi) is 3.31. The van der Waals surface area contributed by atoms with E-state index in [0.717, 1.165) is 37.8 Å². The summed E-state index contributed by atoms with van der Waals surface area (Å²) in [6.07, 6.45) is 4.97. The average Bonchev–Trinajstić information content (AvgIpc) is 2.74. The highest BCUT2D eigenvalue weighted by Crippen LogP contribution is 2.35. The molecule has 0 spiro atoms. The first kappa shape index (κ1) is 12.7. The molecule has 0 radical (unpaired) electrons. The minimum absolute atomic E-state index is 0.123. The smallest absolute Gasteiger partial charge is 0.230 e. The Morgan fingerprint density at radius 2 is 2.11 bits per heavy atom. The normalized spacial score (nSPS) is 30.2. The van der Waals surface area contributed by atoms with Crippen LogP contribution in [-0.4, -0.2) is 18.0 Å². The molecular weight excluding hydrogens is 236 g/mol. The quantitative estimate of drug-likeness (QED) is 0.841. The zero-order valence-electron chi connectivity index (χ0n) is 11.5. The molecule has 1 aromatic carbocycles. The van der Waals surface area contributed by atoms with Crippen molar-refractivity contribution in [1.82, 2.24) is 0 Å². The van der Waals surface area contributed by atoms with Crippen LogP contribution in [0, 0.1) is 5.92 Å². The van der Waals surface area contributed by atoms with Gasteiger partial charge in [-0.3, -0.25) is 4.79 Å². The molecule has 1 aromatic rings. The zero-order valence-corrected chi connectivity index (χ0v) is 11.5. The molecule has 2 aliphatic rings. The second-order valence-electron chi connectivity index (χ2n) is 6.01. The number of benzene rings is 1. The van der Waals surface area contributed by atoms with Crippen LogP contribution in [0.5, 0.6) is 0 Å². The van der Waals surface area contributed by atoms with E-state index in [-0.39, 0.29) is 23.9 Å². The molecule has 3 heteroatoms. The summed E-state index contributed by atoms with van der Waals surface area (Å²) in [5, 5.41) is 0. The maximum absolute atomic E-state index is 12.8. The van der Waals surface area contributed by atoms with Crippen molar-refractivity contribution < 1.29 is 4.79 Å². The number of carbonyl (C=O) groups excluding carboxylic acids is 1. The lowest BCUT2D eigenvalue weighted by Crippen LogP contribution is -2.43. The highest BCUT2D eigenvalue weighted by Gasteiger charge is 2.36. The molecule has 1 aliphatic heterocycles. The number of amides is 1. The van der Waals surface area contributed by atoms with Gasteiger partial charge in [0, 0.05) is 23.7 Å². The van der Waals surface area contributed by atoms with E-state index in [2.05, 4.69) is 25.1 Å². The summed E-state index contributed by atoms with van der Waals surface area (Å²) in [6.45, 7) is 2.14. The van der Waals surface area contributed by atoms with Crippen LogP contribution in [0.4, 0.5) is 5.69 Å². The maximum atomic E-state index is 12.8.